The second-order valence-corrected chi connectivity index (χ2v) is 8.29. The first-order valence-corrected chi connectivity index (χ1v) is 10.5. The smallest absolute Gasteiger partial charge is 0.160 e. The predicted molar refractivity (Wildman–Crippen MR) is 112 cm³/mol. The van der Waals surface area contributed by atoms with Gasteiger partial charge in [-0.05, 0) is 72.4 Å². The van der Waals surface area contributed by atoms with Crippen molar-refractivity contribution in [2.45, 2.75) is 26.2 Å². The summed E-state index contributed by atoms with van der Waals surface area (Å²) in [6.07, 6.45) is 8.55. The molecule has 25 heavy (non-hydrogen) atoms. The van der Waals surface area contributed by atoms with Crippen LogP contribution < -0.4 is 0 Å². The molecule has 0 radical (unpaired) electrons. The molecule has 0 saturated carbocycles. The number of carbonyl (C=O) groups excluding carboxylic acids is 1. The molecule has 0 unspecified atom stereocenters. The second-order valence-electron chi connectivity index (χ2n) is 6.15. The van der Waals surface area contributed by atoms with Gasteiger partial charge in [0.25, 0.3) is 0 Å². The van der Waals surface area contributed by atoms with Crippen molar-refractivity contribution in [1.29, 1.82) is 0 Å². The monoisotopic (exact) mass is 366 g/mol. The molecule has 0 atom stereocenters. The molecular formula is C22H22OS2. The summed E-state index contributed by atoms with van der Waals surface area (Å²) in [5.74, 6) is 0. The van der Waals surface area contributed by atoms with Crippen molar-refractivity contribution in [3.8, 4) is 0 Å². The summed E-state index contributed by atoms with van der Waals surface area (Å²) >= 11 is 3.33. The largest absolute Gasteiger partial charge is 0.297 e. The Labute approximate surface area is 158 Å². The summed E-state index contributed by atoms with van der Waals surface area (Å²) in [6, 6.07) is 12.5. The first kappa shape index (κ1) is 18.0. The Morgan fingerprint density at radius 3 is 2.64 bits per heavy atom. The molecule has 1 aliphatic rings. The summed E-state index contributed by atoms with van der Waals surface area (Å²) in [6.45, 7) is 6.47. The summed E-state index contributed by atoms with van der Waals surface area (Å²) in [7, 11) is 0. The molecule has 2 aromatic rings. The summed E-state index contributed by atoms with van der Waals surface area (Å²) < 4.78 is 0. The molecule has 0 bridgehead atoms. The number of aryl methyl sites for hydroxylation is 1. The zero-order valence-corrected chi connectivity index (χ0v) is 16.3. The number of hydrogen-bond acceptors (Lipinski definition) is 3. The minimum Gasteiger partial charge on any atom is -0.297 e. The van der Waals surface area contributed by atoms with Gasteiger partial charge >= 0.3 is 0 Å². The van der Waals surface area contributed by atoms with E-state index in [1.807, 2.05) is 12.1 Å². The van der Waals surface area contributed by atoms with Crippen LogP contribution in [-0.2, 0) is 0 Å². The maximum absolute atomic E-state index is 11.1. The minimum atomic E-state index is 0.807. The van der Waals surface area contributed by atoms with E-state index in [0.717, 1.165) is 36.0 Å². The summed E-state index contributed by atoms with van der Waals surface area (Å²) in [5, 5.41) is 0. The van der Waals surface area contributed by atoms with Gasteiger partial charge in [0.05, 0.1) is 4.88 Å². The molecule has 0 N–H and O–H groups in total. The van der Waals surface area contributed by atoms with Gasteiger partial charge in [0.2, 0.25) is 0 Å². The van der Waals surface area contributed by atoms with Crippen LogP contribution in [0.4, 0.5) is 0 Å². The van der Waals surface area contributed by atoms with Crippen LogP contribution in [0.3, 0.4) is 0 Å². The Bertz CT molecular complexity index is 853. The lowest BCUT2D eigenvalue weighted by atomic mass is 9.97. The maximum atomic E-state index is 11.1. The van der Waals surface area contributed by atoms with Crippen molar-refractivity contribution >= 4 is 39.9 Å². The van der Waals surface area contributed by atoms with Crippen LogP contribution in [0.2, 0.25) is 0 Å². The van der Waals surface area contributed by atoms with E-state index in [2.05, 4.69) is 50.1 Å². The van der Waals surface area contributed by atoms with E-state index in [1.54, 1.807) is 23.1 Å². The third kappa shape index (κ3) is 3.88. The van der Waals surface area contributed by atoms with Crippen molar-refractivity contribution in [3.63, 3.8) is 0 Å². The Kier molecular flexibility index (Phi) is 5.77. The fraction of sp³-hybridized carbons (Fsp3) is 0.227. The third-order valence-electron chi connectivity index (χ3n) is 4.57. The first-order valence-electron chi connectivity index (χ1n) is 8.42. The molecule has 1 aromatic carbocycles. The first-order chi connectivity index (χ1) is 12.1. The number of aldehydes is 1. The summed E-state index contributed by atoms with van der Waals surface area (Å²) in [5.41, 5.74) is 6.28. The Balaban J connectivity index is 1.98. The van der Waals surface area contributed by atoms with Gasteiger partial charge in [0, 0.05) is 9.78 Å². The van der Waals surface area contributed by atoms with E-state index in [0.29, 0.717) is 0 Å². The minimum absolute atomic E-state index is 0.807. The van der Waals surface area contributed by atoms with Crippen molar-refractivity contribution in [1.82, 2.24) is 0 Å². The molecule has 128 valence electrons. The Hall–Kier alpha value is -1.84. The van der Waals surface area contributed by atoms with Crippen molar-refractivity contribution in [3.05, 3.63) is 81.1 Å². The molecule has 3 rings (SSSR count). The van der Waals surface area contributed by atoms with E-state index >= 15 is 0 Å². The lowest BCUT2D eigenvalue weighted by molar-refractivity contribution is 0.112. The number of carbonyl (C=O) groups is 1. The van der Waals surface area contributed by atoms with E-state index in [1.165, 1.54) is 32.1 Å². The van der Waals surface area contributed by atoms with E-state index in [-0.39, 0.29) is 0 Å². The maximum Gasteiger partial charge on any atom is 0.160 e. The molecule has 0 saturated heterocycles. The highest BCUT2D eigenvalue weighted by atomic mass is 32.2. The van der Waals surface area contributed by atoms with Crippen molar-refractivity contribution in [2.24, 2.45) is 0 Å². The van der Waals surface area contributed by atoms with Gasteiger partial charge in [-0.2, -0.15) is 0 Å². The van der Waals surface area contributed by atoms with E-state index < -0.39 is 0 Å². The van der Waals surface area contributed by atoms with Crippen molar-refractivity contribution < 1.29 is 4.79 Å². The quantitative estimate of drug-likeness (QED) is 0.414. The van der Waals surface area contributed by atoms with Gasteiger partial charge in [-0.25, -0.2) is 0 Å². The predicted octanol–water partition coefficient (Wildman–Crippen LogP) is 6.77. The lowest BCUT2D eigenvalue weighted by Crippen LogP contribution is -1.89. The van der Waals surface area contributed by atoms with Gasteiger partial charge in [-0.1, -0.05) is 36.9 Å². The zero-order valence-electron chi connectivity index (χ0n) is 14.7. The van der Waals surface area contributed by atoms with Crippen LogP contribution in [0, 0.1) is 6.92 Å². The molecule has 0 fully saturated rings. The number of benzene rings is 1. The highest BCUT2D eigenvalue weighted by Crippen LogP contribution is 2.41. The van der Waals surface area contributed by atoms with Crippen LogP contribution in [-0.4, -0.2) is 12.5 Å². The lowest BCUT2D eigenvalue weighted by Gasteiger charge is -2.10. The molecule has 1 heterocycles. The SMILES string of the molecule is C=C(/C=C(\SC)c1ccccc1)C1=C(c2cc(C=O)sc2C)CCC1. The Morgan fingerprint density at radius 1 is 1.24 bits per heavy atom. The van der Waals surface area contributed by atoms with Gasteiger partial charge < -0.3 is 0 Å². The number of allylic oxidation sites excluding steroid dienone is 4. The number of rotatable bonds is 6. The number of thiophene rings is 1. The third-order valence-corrected chi connectivity index (χ3v) is 6.34. The highest BCUT2D eigenvalue weighted by Gasteiger charge is 2.20. The number of thioether (sulfide) groups is 1. The molecule has 0 aliphatic heterocycles. The van der Waals surface area contributed by atoms with Crippen LogP contribution in [0.5, 0.6) is 0 Å². The molecule has 0 spiro atoms. The van der Waals surface area contributed by atoms with Gasteiger partial charge in [0.1, 0.15) is 0 Å². The van der Waals surface area contributed by atoms with E-state index in [4.69, 9.17) is 0 Å². The highest BCUT2D eigenvalue weighted by molar-refractivity contribution is 8.07. The molecular weight excluding hydrogens is 344 g/mol. The Morgan fingerprint density at radius 2 is 2.00 bits per heavy atom. The fourth-order valence-electron chi connectivity index (χ4n) is 3.37. The van der Waals surface area contributed by atoms with Gasteiger partial charge in [-0.3, -0.25) is 4.79 Å². The average Bonchev–Trinajstić information content (AvgIpc) is 3.26. The van der Waals surface area contributed by atoms with Gasteiger partial charge in [0.15, 0.2) is 6.29 Å². The molecule has 3 heteroatoms. The van der Waals surface area contributed by atoms with Crippen LogP contribution >= 0.6 is 23.1 Å². The van der Waals surface area contributed by atoms with Crippen LogP contribution in [0.1, 0.15) is 44.9 Å². The molecule has 1 nitrogen and oxygen atoms in total. The second kappa shape index (κ2) is 8.03. The normalized spacial score (nSPS) is 14.9. The average molecular weight is 367 g/mol. The molecule has 1 aromatic heterocycles. The van der Waals surface area contributed by atoms with Gasteiger partial charge in [-0.15, -0.1) is 23.1 Å². The summed E-state index contributed by atoms with van der Waals surface area (Å²) in [4.78, 5) is 14.4. The number of hydrogen-bond donors (Lipinski definition) is 0. The standard InChI is InChI=1S/C22H22OS2/c1-15(12-22(24-3)17-8-5-4-6-9-17)19-10-7-11-20(19)21-13-18(14-23)25-16(21)2/h4-6,8-9,12-14H,1,7,10-11H2,2-3H3/b22-12-. The topological polar surface area (TPSA) is 17.1 Å². The molecule has 0 amide bonds. The van der Waals surface area contributed by atoms with Crippen LogP contribution in [0.15, 0.2) is 60.2 Å². The van der Waals surface area contributed by atoms with E-state index in [9.17, 15) is 4.79 Å². The fourth-order valence-corrected chi connectivity index (χ4v) is 4.87. The van der Waals surface area contributed by atoms with Crippen LogP contribution in [0.25, 0.3) is 10.5 Å². The molecule has 1 aliphatic carbocycles. The zero-order chi connectivity index (χ0) is 17.8. The van der Waals surface area contributed by atoms with Crippen molar-refractivity contribution in [2.75, 3.05) is 6.26 Å².